The predicted octanol–water partition coefficient (Wildman–Crippen LogP) is 3.77. The van der Waals surface area contributed by atoms with Crippen LogP contribution in [0.2, 0.25) is 0 Å². The van der Waals surface area contributed by atoms with Crippen LogP contribution in [0.15, 0.2) is 52.1 Å². The molecule has 0 aliphatic rings. The van der Waals surface area contributed by atoms with E-state index in [1.807, 2.05) is 6.07 Å². The summed E-state index contributed by atoms with van der Waals surface area (Å²) in [6.07, 6.45) is -1.24. The second kappa shape index (κ2) is 8.17. The van der Waals surface area contributed by atoms with Gasteiger partial charge in [0, 0.05) is 0 Å². The molecule has 0 saturated heterocycles. The average Bonchev–Trinajstić information content (AvgIpc) is 3.06. The fourth-order valence-electron chi connectivity index (χ4n) is 2.16. The Morgan fingerprint density at radius 2 is 1.89 bits per heavy atom. The number of benzene rings is 2. The first-order chi connectivity index (χ1) is 12.9. The first kappa shape index (κ1) is 18.8. The fraction of sp³-hybridized carbons (Fsp3) is 0.167. The van der Waals surface area contributed by atoms with Gasteiger partial charge in [-0.25, -0.2) is 13.8 Å². The lowest BCUT2D eigenvalue weighted by Gasteiger charge is -2.14. The first-order valence-electron chi connectivity index (χ1n) is 7.87. The molecule has 1 N–H and O–H groups in total. The van der Waals surface area contributed by atoms with Crippen LogP contribution in [0, 0.1) is 11.6 Å². The SMILES string of the molecule is C[C@@H](OC(=O)CSc1nc2ccccc2o1)C(=O)Nc1c(F)cccc1F. The van der Waals surface area contributed by atoms with E-state index in [0.717, 1.165) is 23.9 Å². The van der Waals surface area contributed by atoms with Gasteiger partial charge >= 0.3 is 5.97 Å². The number of carbonyl (C=O) groups is 2. The number of oxazole rings is 1. The maximum absolute atomic E-state index is 13.5. The number of fused-ring (bicyclic) bond motifs is 1. The number of ether oxygens (including phenoxy) is 1. The van der Waals surface area contributed by atoms with Gasteiger partial charge in [0.25, 0.3) is 11.1 Å². The molecule has 0 spiro atoms. The summed E-state index contributed by atoms with van der Waals surface area (Å²) in [5.41, 5.74) is 0.660. The van der Waals surface area contributed by atoms with Crippen molar-refractivity contribution in [3.8, 4) is 0 Å². The number of carbonyl (C=O) groups excluding carboxylic acids is 2. The highest BCUT2D eigenvalue weighted by Crippen LogP contribution is 2.23. The fourth-order valence-corrected chi connectivity index (χ4v) is 2.78. The van der Waals surface area contributed by atoms with E-state index in [1.54, 1.807) is 18.2 Å². The van der Waals surface area contributed by atoms with E-state index in [1.165, 1.54) is 13.0 Å². The highest BCUT2D eigenvalue weighted by atomic mass is 32.2. The summed E-state index contributed by atoms with van der Waals surface area (Å²) in [5, 5.41) is 2.36. The van der Waals surface area contributed by atoms with E-state index in [2.05, 4.69) is 10.3 Å². The number of thioether (sulfide) groups is 1. The zero-order valence-electron chi connectivity index (χ0n) is 14.1. The highest BCUT2D eigenvalue weighted by Gasteiger charge is 2.21. The summed E-state index contributed by atoms with van der Waals surface area (Å²) in [5.74, 6) is -3.53. The van der Waals surface area contributed by atoms with Crippen molar-refractivity contribution in [1.82, 2.24) is 4.98 Å². The normalized spacial score (nSPS) is 12.0. The molecule has 3 rings (SSSR count). The maximum Gasteiger partial charge on any atom is 0.317 e. The summed E-state index contributed by atoms with van der Waals surface area (Å²) in [6, 6.07) is 10.3. The molecule has 1 amide bonds. The molecule has 0 fully saturated rings. The molecule has 140 valence electrons. The molecule has 0 saturated carbocycles. The Labute approximate surface area is 156 Å². The second-order valence-corrected chi connectivity index (χ2v) is 6.38. The number of hydrogen-bond acceptors (Lipinski definition) is 6. The Hall–Kier alpha value is -2.94. The number of halogens is 2. The van der Waals surface area contributed by atoms with Gasteiger partial charge < -0.3 is 14.5 Å². The lowest BCUT2D eigenvalue weighted by Crippen LogP contribution is -2.31. The zero-order valence-corrected chi connectivity index (χ0v) is 14.9. The third-order valence-corrected chi connectivity index (χ3v) is 4.28. The van der Waals surface area contributed by atoms with Crippen molar-refractivity contribution >= 4 is 40.4 Å². The second-order valence-electron chi connectivity index (χ2n) is 5.45. The molecule has 0 unspecified atom stereocenters. The molecule has 0 radical (unpaired) electrons. The van der Waals surface area contributed by atoms with Crippen LogP contribution in [0.3, 0.4) is 0 Å². The summed E-state index contributed by atoms with van der Waals surface area (Å²) < 4.78 is 37.5. The number of nitrogens with one attached hydrogen (secondary N) is 1. The molecular formula is C18H14F2N2O4S. The van der Waals surface area contributed by atoms with Crippen molar-refractivity contribution in [1.29, 1.82) is 0 Å². The predicted molar refractivity (Wildman–Crippen MR) is 95.3 cm³/mol. The number of aromatic nitrogens is 1. The van der Waals surface area contributed by atoms with Gasteiger partial charge in [0.15, 0.2) is 11.7 Å². The molecule has 1 heterocycles. The van der Waals surface area contributed by atoms with Crippen LogP contribution in [-0.2, 0) is 14.3 Å². The molecular weight excluding hydrogens is 378 g/mol. The number of hydrogen-bond donors (Lipinski definition) is 1. The number of amides is 1. The molecule has 3 aromatic rings. The summed E-state index contributed by atoms with van der Waals surface area (Å²) in [7, 11) is 0. The third-order valence-electron chi connectivity index (χ3n) is 3.48. The standard InChI is InChI=1S/C18H14F2N2O4S/c1-10(17(24)22-16-11(19)5-4-6-12(16)20)25-15(23)9-27-18-21-13-7-2-3-8-14(13)26-18/h2-8,10H,9H2,1H3,(H,22,24)/t10-/m1/s1. The van der Waals surface area contributed by atoms with E-state index < -0.39 is 35.3 Å². The van der Waals surface area contributed by atoms with E-state index in [9.17, 15) is 18.4 Å². The molecule has 0 aliphatic carbocycles. The van der Waals surface area contributed by atoms with Crippen LogP contribution in [0.5, 0.6) is 0 Å². The average molecular weight is 392 g/mol. The molecule has 6 nitrogen and oxygen atoms in total. The van der Waals surface area contributed by atoms with Crippen LogP contribution in [0.4, 0.5) is 14.5 Å². The van der Waals surface area contributed by atoms with E-state index in [-0.39, 0.29) is 5.75 Å². The van der Waals surface area contributed by atoms with Crippen LogP contribution in [0.1, 0.15) is 6.92 Å². The number of para-hydroxylation sites is 3. The van der Waals surface area contributed by atoms with Gasteiger partial charge in [-0.05, 0) is 31.2 Å². The van der Waals surface area contributed by atoms with Crippen LogP contribution < -0.4 is 5.32 Å². The molecule has 2 aromatic carbocycles. The van der Waals surface area contributed by atoms with Crippen LogP contribution in [0.25, 0.3) is 11.1 Å². The van der Waals surface area contributed by atoms with Gasteiger partial charge in [0.05, 0.1) is 0 Å². The number of anilines is 1. The summed E-state index contributed by atoms with van der Waals surface area (Å²) in [6.45, 7) is 1.30. The van der Waals surface area contributed by atoms with Gasteiger partial charge in [0.1, 0.15) is 28.6 Å². The number of nitrogens with zero attached hydrogens (tertiary/aromatic N) is 1. The van der Waals surface area contributed by atoms with E-state index >= 15 is 0 Å². The molecule has 0 bridgehead atoms. The first-order valence-corrected chi connectivity index (χ1v) is 8.85. The molecule has 1 aromatic heterocycles. The third kappa shape index (κ3) is 4.62. The number of rotatable bonds is 6. The Morgan fingerprint density at radius 1 is 1.19 bits per heavy atom. The minimum Gasteiger partial charge on any atom is -0.452 e. The van der Waals surface area contributed by atoms with Gasteiger partial charge in [-0.2, -0.15) is 0 Å². The minimum absolute atomic E-state index is 0.140. The largest absolute Gasteiger partial charge is 0.452 e. The Bertz CT molecular complexity index is 939. The van der Waals surface area contributed by atoms with Gasteiger partial charge in [-0.3, -0.25) is 9.59 Å². The quantitative estimate of drug-likeness (QED) is 0.508. The van der Waals surface area contributed by atoms with Crippen molar-refractivity contribution in [3.05, 3.63) is 54.1 Å². The minimum atomic E-state index is -1.24. The highest BCUT2D eigenvalue weighted by molar-refractivity contribution is 7.99. The molecule has 0 aliphatic heterocycles. The summed E-state index contributed by atoms with van der Waals surface area (Å²) >= 11 is 1.01. The Morgan fingerprint density at radius 3 is 2.59 bits per heavy atom. The van der Waals surface area contributed by atoms with E-state index in [4.69, 9.17) is 9.15 Å². The number of esters is 1. The van der Waals surface area contributed by atoms with Crippen molar-refractivity contribution in [2.45, 2.75) is 18.3 Å². The zero-order chi connectivity index (χ0) is 19.4. The summed E-state index contributed by atoms with van der Waals surface area (Å²) in [4.78, 5) is 28.1. The lowest BCUT2D eigenvalue weighted by atomic mass is 10.2. The Balaban J connectivity index is 1.53. The van der Waals surface area contributed by atoms with Crippen molar-refractivity contribution in [2.24, 2.45) is 0 Å². The van der Waals surface area contributed by atoms with E-state index in [0.29, 0.717) is 16.3 Å². The Kier molecular flexibility index (Phi) is 5.70. The lowest BCUT2D eigenvalue weighted by molar-refractivity contribution is -0.150. The molecule has 1 atom stereocenters. The van der Waals surface area contributed by atoms with Gasteiger partial charge in [-0.15, -0.1) is 0 Å². The topological polar surface area (TPSA) is 81.4 Å². The van der Waals surface area contributed by atoms with Crippen molar-refractivity contribution in [3.63, 3.8) is 0 Å². The molecule has 27 heavy (non-hydrogen) atoms. The van der Waals surface area contributed by atoms with Gasteiger partial charge in [-0.1, -0.05) is 30.0 Å². The van der Waals surface area contributed by atoms with Crippen LogP contribution >= 0.6 is 11.8 Å². The maximum atomic E-state index is 13.5. The monoisotopic (exact) mass is 392 g/mol. The van der Waals surface area contributed by atoms with Crippen molar-refractivity contribution in [2.75, 3.05) is 11.1 Å². The smallest absolute Gasteiger partial charge is 0.317 e. The molecule has 9 heteroatoms. The van der Waals surface area contributed by atoms with Gasteiger partial charge in [0.2, 0.25) is 0 Å². The van der Waals surface area contributed by atoms with Crippen molar-refractivity contribution < 1.29 is 27.5 Å². The van der Waals surface area contributed by atoms with Crippen LogP contribution in [-0.4, -0.2) is 28.7 Å².